The van der Waals surface area contributed by atoms with Crippen LogP contribution in [0.1, 0.15) is 37.3 Å². The van der Waals surface area contributed by atoms with Crippen molar-refractivity contribution in [1.82, 2.24) is 15.5 Å². The average molecular weight is 433 g/mol. The highest BCUT2D eigenvalue weighted by Gasteiger charge is 2.32. The maximum atomic E-state index is 13.7. The minimum Gasteiger partial charge on any atom is -0.380 e. The molecule has 0 radical (unpaired) electrons. The molecule has 0 bridgehead atoms. The molecule has 0 unspecified atom stereocenters. The molecule has 170 valence electrons. The summed E-state index contributed by atoms with van der Waals surface area (Å²) in [5, 5.41) is 6.47. The van der Waals surface area contributed by atoms with Crippen LogP contribution in [0.3, 0.4) is 0 Å². The second-order valence-electron chi connectivity index (χ2n) is 7.60. The summed E-state index contributed by atoms with van der Waals surface area (Å²) < 4.78 is 56.2. The van der Waals surface area contributed by atoms with Gasteiger partial charge in [-0.15, -0.1) is 0 Å². The molecule has 0 spiro atoms. The number of aliphatic imine (C=N–C) groups is 1. The van der Waals surface area contributed by atoms with Crippen LogP contribution in [-0.4, -0.2) is 56.9 Å². The molecule has 0 aromatic heterocycles. The third kappa shape index (κ3) is 8.87. The Morgan fingerprint density at radius 2 is 1.97 bits per heavy atom. The lowest BCUT2D eigenvalue weighted by Crippen LogP contribution is -2.41. The van der Waals surface area contributed by atoms with Gasteiger partial charge in [-0.25, -0.2) is 9.38 Å². The Labute approximate surface area is 175 Å². The first-order valence-electron chi connectivity index (χ1n) is 10.4. The number of piperidine rings is 1. The number of likely N-dealkylation sites (tertiary alicyclic amines) is 1. The predicted molar refractivity (Wildman–Crippen MR) is 110 cm³/mol. The molecule has 1 aromatic rings. The molecule has 1 aliphatic heterocycles. The van der Waals surface area contributed by atoms with Crippen LogP contribution in [-0.2, 0) is 17.9 Å². The van der Waals surface area contributed by atoms with Crippen molar-refractivity contribution in [3.05, 3.63) is 35.1 Å². The Balaban J connectivity index is 1.78. The van der Waals surface area contributed by atoms with E-state index in [1.54, 1.807) is 12.1 Å². The van der Waals surface area contributed by atoms with E-state index in [4.69, 9.17) is 4.74 Å². The zero-order valence-corrected chi connectivity index (χ0v) is 17.7. The molecular formula is C21H32F4N4O. The molecule has 2 rings (SSSR count). The third-order valence-corrected chi connectivity index (χ3v) is 5.13. The van der Waals surface area contributed by atoms with E-state index < -0.39 is 12.7 Å². The van der Waals surface area contributed by atoms with Crippen LogP contribution >= 0.6 is 0 Å². The topological polar surface area (TPSA) is 48.9 Å². The predicted octanol–water partition coefficient (Wildman–Crippen LogP) is 3.69. The highest BCUT2D eigenvalue weighted by molar-refractivity contribution is 5.79. The van der Waals surface area contributed by atoms with E-state index in [0.29, 0.717) is 50.2 Å². The van der Waals surface area contributed by atoms with Gasteiger partial charge in [-0.3, -0.25) is 4.90 Å². The van der Waals surface area contributed by atoms with Crippen LogP contribution in [0, 0.1) is 11.7 Å². The van der Waals surface area contributed by atoms with Crippen molar-refractivity contribution >= 4 is 5.96 Å². The van der Waals surface area contributed by atoms with Gasteiger partial charge in [0.05, 0.1) is 19.7 Å². The van der Waals surface area contributed by atoms with Gasteiger partial charge in [0.2, 0.25) is 0 Å². The molecule has 0 aliphatic carbocycles. The number of hydrogen-bond donors (Lipinski definition) is 2. The number of nitrogens with zero attached hydrogens (tertiary/aromatic N) is 2. The largest absolute Gasteiger partial charge is 0.401 e. The summed E-state index contributed by atoms with van der Waals surface area (Å²) in [6, 6.07) is 4.88. The molecule has 2 N–H and O–H groups in total. The molecule has 1 saturated heterocycles. The summed E-state index contributed by atoms with van der Waals surface area (Å²) >= 11 is 0. The molecule has 1 fully saturated rings. The molecule has 0 amide bonds. The highest BCUT2D eigenvalue weighted by Crippen LogP contribution is 2.24. The fourth-order valence-corrected chi connectivity index (χ4v) is 3.59. The second kappa shape index (κ2) is 12.1. The van der Waals surface area contributed by atoms with Gasteiger partial charge < -0.3 is 15.4 Å². The van der Waals surface area contributed by atoms with E-state index >= 15 is 0 Å². The van der Waals surface area contributed by atoms with Crippen molar-refractivity contribution in [3.8, 4) is 0 Å². The highest BCUT2D eigenvalue weighted by atomic mass is 19.4. The first kappa shape index (κ1) is 24.4. The summed E-state index contributed by atoms with van der Waals surface area (Å²) in [5.74, 6) is 0.791. The fraction of sp³-hybridized carbons (Fsp3) is 0.667. The normalized spacial score (nSPS) is 16.7. The fourth-order valence-electron chi connectivity index (χ4n) is 3.59. The zero-order valence-electron chi connectivity index (χ0n) is 17.7. The van der Waals surface area contributed by atoms with Crippen LogP contribution in [0.15, 0.2) is 23.2 Å². The number of nitrogens with one attached hydrogen (secondary N) is 2. The second-order valence-corrected chi connectivity index (χ2v) is 7.60. The Hall–Kier alpha value is -1.87. The summed E-state index contributed by atoms with van der Waals surface area (Å²) in [6.45, 7) is 4.17. The summed E-state index contributed by atoms with van der Waals surface area (Å²) in [5.41, 5.74) is 1.39. The Bertz CT molecular complexity index is 673. The number of benzene rings is 1. The number of hydrogen-bond acceptors (Lipinski definition) is 3. The zero-order chi connectivity index (χ0) is 22.0. The van der Waals surface area contributed by atoms with E-state index in [1.807, 2.05) is 6.92 Å². The monoisotopic (exact) mass is 432 g/mol. The third-order valence-electron chi connectivity index (χ3n) is 5.13. The van der Waals surface area contributed by atoms with E-state index in [1.165, 1.54) is 18.1 Å². The maximum absolute atomic E-state index is 13.7. The van der Waals surface area contributed by atoms with Crippen molar-refractivity contribution in [3.63, 3.8) is 0 Å². The quantitative estimate of drug-likeness (QED) is 0.355. The van der Waals surface area contributed by atoms with Crippen molar-refractivity contribution in [2.45, 2.75) is 45.5 Å². The molecule has 0 saturated carbocycles. The molecule has 1 aromatic carbocycles. The molecule has 0 atom stereocenters. The van der Waals surface area contributed by atoms with Crippen LogP contribution in [0.25, 0.3) is 0 Å². The van der Waals surface area contributed by atoms with Gasteiger partial charge in [0.1, 0.15) is 5.82 Å². The van der Waals surface area contributed by atoms with Crippen LogP contribution in [0.5, 0.6) is 0 Å². The van der Waals surface area contributed by atoms with Crippen LogP contribution in [0.4, 0.5) is 17.6 Å². The standard InChI is InChI=1S/C21H32F4N4O/c1-3-26-20(28-13-17-4-5-19(22)18(12-17)14-30-2)27-9-6-16-7-10-29(11-8-16)15-21(23,24)25/h4-5,12,16H,3,6-11,13-15H2,1-2H3,(H2,26,27,28). The maximum Gasteiger partial charge on any atom is 0.401 e. The van der Waals surface area contributed by atoms with E-state index in [0.717, 1.165) is 24.8 Å². The van der Waals surface area contributed by atoms with Crippen molar-refractivity contribution in [2.24, 2.45) is 10.9 Å². The SMILES string of the molecule is CCNC(=NCc1ccc(F)c(COC)c1)NCCC1CCN(CC(F)(F)F)CC1. The van der Waals surface area contributed by atoms with Crippen molar-refractivity contribution < 1.29 is 22.3 Å². The Kier molecular flexibility index (Phi) is 9.84. The number of methoxy groups -OCH3 is 1. The molecule has 5 nitrogen and oxygen atoms in total. The molecular weight excluding hydrogens is 400 g/mol. The van der Waals surface area contributed by atoms with Gasteiger partial charge in [-0.05, 0) is 62.9 Å². The lowest BCUT2D eigenvalue weighted by atomic mass is 9.93. The van der Waals surface area contributed by atoms with Gasteiger partial charge >= 0.3 is 6.18 Å². The summed E-state index contributed by atoms with van der Waals surface area (Å²) in [7, 11) is 1.53. The summed E-state index contributed by atoms with van der Waals surface area (Å²) in [6.07, 6.45) is -1.67. The Morgan fingerprint density at radius 1 is 1.23 bits per heavy atom. The van der Waals surface area contributed by atoms with Gasteiger partial charge in [0.15, 0.2) is 5.96 Å². The molecule has 1 heterocycles. The number of alkyl halides is 3. The number of rotatable bonds is 9. The van der Waals surface area contributed by atoms with Gasteiger partial charge in [-0.1, -0.05) is 6.07 Å². The Morgan fingerprint density at radius 3 is 2.60 bits per heavy atom. The van der Waals surface area contributed by atoms with Crippen LogP contribution < -0.4 is 10.6 Å². The number of ether oxygens (including phenoxy) is 1. The van der Waals surface area contributed by atoms with E-state index in [2.05, 4.69) is 15.6 Å². The number of guanidine groups is 1. The summed E-state index contributed by atoms with van der Waals surface area (Å²) in [4.78, 5) is 6.03. The van der Waals surface area contributed by atoms with Crippen LogP contribution in [0.2, 0.25) is 0 Å². The van der Waals surface area contributed by atoms with E-state index in [9.17, 15) is 17.6 Å². The average Bonchev–Trinajstić information content (AvgIpc) is 2.68. The van der Waals surface area contributed by atoms with Crippen molar-refractivity contribution in [2.75, 3.05) is 39.8 Å². The first-order valence-corrected chi connectivity index (χ1v) is 10.4. The molecule has 30 heavy (non-hydrogen) atoms. The smallest absolute Gasteiger partial charge is 0.380 e. The molecule has 9 heteroatoms. The molecule has 1 aliphatic rings. The van der Waals surface area contributed by atoms with Gasteiger partial charge in [0, 0.05) is 25.8 Å². The minimum atomic E-state index is -4.12. The van der Waals surface area contributed by atoms with E-state index in [-0.39, 0.29) is 12.4 Å². The lowest BCUT2D eigenvalue weighted by Gasteiger charge is -2.32. The minimum absolute atomic E-state index is 0.212. The lowest BCUT2D eigenvalue weighted by molar-refractivity contribution is -0.148. The van der Waals surface area contributed by atoms with Gasteiger partial charge in [-0.2, -0.15) is 13.2 Å². The first-order chi connectivity index (χ1) is 14.3. The van der Waals surface area contributed by atoms with Crippen molar-refractivity contribution in [1.29, 1.82) is 0 Å². The number of halogens is 4. The van der Waals surface area contributed by atoms with Gasteiger partial charge in [0.25, 0.3) is 0 Å².